The van der Waals surface area contributed by atoms with Crippen molar-refractivity contribution in [3.8, 4) is 11.3 Å². The summed E-state index contributed by atoms with van der Waals surface area (Å²) in [5.74, 6) is -1.33. The Balaban J connectivity index is 1.86. The number of fused-ring (bicyclic) bond motifs is 1. The second-order valence-corrected chi connectivity index (χ2v) is 8.73. The molecule has 4 rings (SSSR count). The summed E-state index contributed by atoms with van der Waals surface area (Å²) in [4.78, 5) is 42.1. The van der Waals surface area contributed by atoms with E-state index in [2.05, 4.69) is 10.1 Å². The number of esters is 2. The van der Waals surface area contributed by atoms with Crippen molar-refractivity contribution in [3.05, 3.63) is 69.2 Å². The molecule has 4 aromatic rings. The molecule has 2 aromatic carbocycles. The minimum absolute atomic E-state index is 0.160. The molecule has 0 saturated heterocycles. The molecule has 0 bridgehead atoms. The van der Waals surface area contributed by atoms with Crippen molar-refractivity contribution in [2.24, 2.45) is 4.99 Å². The Kier molecular flexibility index (Phi) is 7.13. The Morgan fingerprint density at radius 2 is 1.97 bits per heavy atom. The van der Waals surface area contributed by atoms with E-state index in [9.17, 15) is 14.4 Å². The molecule has 0 saturated carbocycles. The molecule has 180 valence electrons. The highest BCUT2D eigenvalue weighted by molar-refractivity contribution is 7.16. The zero-order valence-corrected chi connectivity index (χ0v) is 20.6. The van der Waals surface area contributed by atoms with Crippen molar-refractivity contribution in [2.45, 2.75) is 20.4 Å². The molecule has 2 aromatic heterocycles. The summed E-state index contributed by atoms with van der Waals surface area (Å²) in [7, 11) is 1.27. The summed E-state index contributed by atoms with van der Waals surface area (Å²) < 4.78 is 17.4. The van der Waals surface area contributed by atoms with Crippen LogP contribution in [0.1, 0.15) is 33.4 Å². The van der Waals surface area contributed by atoms with Crippen molar-refractivity contribution >= 4 is 51.0 Å². The molecule has 0 spiro atoms. The number of carbonyl (C=O) groups is 3. The SMILES string of the molecule is CCOC(=O)c1ccc2c(c1)sc(=NC(=O)c1c(-c3ccccc3Cl)noc1C)n2CC(=O)OC. The number of carbonyl (C=O) groups excluding carboxylic acids is 3. The molecule has 0 fully saturated rings. The minimum atomic E-state index is -0.616. The van der Waals surface area contributed by atoms with E-state index in [4.69, 9.17) is 25.6 Å². The molecule has 0 atom stereocenters. The average molecular weight is 514 g/mol. The summed E-state index contributed by atoms with van der Waals surface area (Å²) in [6, 6.07) is 11.8. The number of methoxy groups -OCH3 is 1. The number of aryl methyl sites for hydroxylation is 1. The Labute approximate surface area is 208 Å². The van der Waals surface area contributed by atoms with E-state index in [-0.39, 0.29) is 35.0 Å². The van der Waals surface area contributed by atoms with Crippen LogP contribution in [0.3, 0.4) is 0 Å². The molecule has 9 nitrogen and oxygen atoms in total. The molecule has 0 N–H and O–H groups in total. The summed E-state index contributed by atoms with van der Waals surface area (Å²) in [6.07, 6.45) is 0. The molecule has 0 aliphatic carbocycles. The topological polar surface area (TPSA) is 113 Å². The third-order valence-corrected chi connectivity index (χ3v) is 6.48. The van der Waals surface area contributed by atoms with Gasteiger partial charge in [-0.2, -0.15) is 4.99 Å². The first-order valence-electron chi connectivity index (χ1n) is 10.5. The molecule has 0 radical (unpaired) electrons. The average Bonchev–Trinajstić information content (AvgIpc) is 3.39. The van der Waals surface area contributed by atoms with E-state index >= 15 is 0 Å². The number of ether oxygens (including phenoxy) is 2. The summed E-state index contributed by atoms with van der Waals surface area (Å²) in [5.41, 5.74) is 1.91. The van der Waals surface area contributed by atoms with Crippen LogP contribution in [0.25, 0.3) is 21.5 Å². The standard InChI is InChI=1S/C24H20ClN3O6S/c1-4-33-23(31)14-9-10-17-18(11-14)35-24(28(17)12-19(29)32-3)26-22(30)20-13(2)34-27-21(20)15-7-5-6-8-16(15)25/h5-11H,4,12H2,1-3H3. The van der Waals surface area contributed by atoms with Gasteiger partial charge in [0.15, 0.2) is 4.80 Å². The monoisotopic (exact) mass is 513 g/mol. The van der Waals surface area contributed by atoms with Crippen molar-refractivity contribution in [2.75, 3.05) is 13.7 Å². The second-order valence-electron chi connectivity index (χ2n) is 7.31. The summed E-state index contributed by atoms with van der Waals surface area (Å²) >= 11 is 7.45. The highest BCUT2D eigenvalue weighted by Crippen LogP contribution is 2.31. The van der Waals surface area contributed by atoms with E-state index in [1.165, 1.54) is 7.11 Å². The predicted octanol–water partition coefficient (Wildman–Crippen LogP) is 4.41. The minimum Gasteiger partial charge on any atom is -0.468 e. The lowest BCUT2D eigenvalue weighted by Crippen LogP contribution is -2.22. The Morgan fingerprint density at radius 1 is 1.20 bits per heavy atom. The van der Waals surface area contributed by atoms with Crippen molar-refractivity contribution < 1.29 is 28.4 Å². The maximum absolute atomic E-state index is 13.3. The first kappa shape index (κ1) is 24.4. The normalized spacial score (nSPS) is 11.6. The maximum atomic E-state index is 13.3. The smallest absolute Gasteiger partial charge is 0.338 e. The van der Waals surface area contributed by atoms with Gasteiger partial charge in [-0.05, 0) is 38.1 Å². The van der Waals surface area contributed by atoms with Gasteiger partial charge in [0.2, 0.25) is 0 Å². The van der Waals surface area contributed by atoms with Crippen molar-refractivity contribution in [1.82, 2.24) is 9.72 Å². The Hall–Kier alpha value is -3.76. The number of hydrogen-bond acceptors (Lipinski definition) is 8. The van der Waals surface area contributed by atoms with E-state index < -0.39 is 17.8 Å². The quantitative estimate of drug-likeness (QED) is 0.351. The van der Waals surface area contributed by atoms with Crippen LogP contribution in [0.4, 0.5) is 0 Å². The molecular formula is C24H20ClN3O6S. The first-order chi connectivity index (χ1) is 16.8. The second kappa shape index (κ2) is 10.2. The fourth-order valence-corrected chi connectivity index (χ4v) is 4.74. The first-order valence-corrected chi connectivity index (χ1v) is 11.7. The molecule has 0 unspecified atom stereocenters. The van der Waals surface area contributed by atoms with Crippen LogP contribution in [0.5, 0.6) is 0 Å². The van der Waals surface area contributed by atoms with Gasteiger partial charge >= 0.3 is 11.9 Å². The van der Waals surface area contributed by atoms with E-state index in [1.54, 1.807) is 60.9 Å². The highest BCUT2D eigenvalue weighted by Gasteiger charge is 2.23. The lowest BCUT2D eigenvalue weighted by molar-refractivity contribution is -0.141. The number of benzene rings is 2. The van der Waals surface area contributed by atoms with Crippen LogP contribution in [0.15, 0.2) is 52.0 Å². The van der Waals surface area contributed by atoms with Crippen molar-refractivity contribution in [1.29, 1.82) is 0 Å². The molecular weight excluding hydrogens is 494 g/mol. The van der Waals surface area contributed by atoms with E-state index in [0.29, 0.717) is 26.4 Å². The fraction of sp³-hybridized carbons (Fsp3) is 0.208. The van der Waals surface area contributed by atoms with Crippen LogP contribution in [-0.2, 0) is 20.8 Å². The lowest BCUT2D eigenvalue weighted by Gasteiger charge is -2.05. The Morgan fingerprint density at radius 3 is 2.69 bits per heavy atom. The van der Waals surface area contributed by atoms with Gasteiger partial charge in [-0.15, -0.1) is 0 Å². The zero-order chi connectivity index (χ0) is 25.1. The van der Waals surface area contributed by atoms with Crippen LogP contribution in [0.2, 0.25) is 5.02 Å². The highest BCUT2D eigenvalue weighted by atomic mass is 35.5. The van der Waals surface area contributed by atoms with Gasteiger partial charge in [0, 0.05) is 5.56 Å². The fourth-order valence-electron chi connectivity index (χ4n) is 3.45. The van der Waals surface area contributed by atoms with Crippen LogP contribution in [0, 0.1) is 6.92 Å². The van der Waals surface area contributed by atoms with Gasteiger partial charge in [-0.3, -0.25) is 9.59 Å². The number of hydrogen-bond donors (Lipinski definition) is 0. The number of rotatable bonds is 6. The Bertz CT molecular complexity index is 1520. The number of halogens is 1. The summed E-state index contributed by atoms with van der Waals surface area (Å²) in [6.45, 7) is 3.39. The molecule has 0 aliphatic heterocycles. The predicted molar refractivity (Wildman–Crippen MR) is 129 cm³/mol. The third kappa shape index (κ3) is 4.89. The number of nitrogens with zero attached hydrogens (tertiary/aromatic N) is 3. The van der Waals surface area contributed by atoms with Gasteiger partial charge in [0.1, 0.15) is 23.6 Å². The van der Waals surface area contributed by atoms with E-state index in [1.807, 2.05) is 0 Å². The molecule has 11 heteroatoms. The van der Waals surface area contributed by atoms with E-state index in [0.717, 1.165) is 11.3 Å². The van der Waals surface area contributed by atoms with Crippen LogP contribution < -0.4 is 4.80 Å². The van der Waals surface area contributed by atoms with Gasteiger partial charge in [0.05, 0.1) is 34.5 Å². The third-order valence-electron chi connectivity index (χ3n) is 5.11. The van der Waals surface area contributed by atoms with Crippen LogP contribution in [-0.4, -0.2) is 41.3 Å². The zero-order valence-electron chi connectivity index (χ0n) is 19.0. The van der Waals surface area contributed by atoms with Gasteiger partial charge in [0.25, 0.3) is 5.91 Å². The number of thiazole rings is 1. The molecule has 35 heavy (non-hydrogen) atoms. The van der Waals surface area contributed by atoms with Gasteiger partial charge in [-0.25, -0.2) is 4.79 Å². The van der Waals surface area contributed by atoms with Gasteiger partial charge in [-0.1, -0.05) is 46.3 Å². The maximum Gasteiger partial charge on any atom is 0.338 e. The van der Waals surface area contributed by atoms with Crippen LogP contribution >= 0.6 is 22.9 Å². The molecule has 2 heterocycles. The lowest BCUT2D eigenvalue weighted by atomic mass is 10.1. The largest absolute Gasteiger partial charge is 0.468 e. The molecule has 0 aliphatic rings. The van der Waals surface area contributed by atoms with Gasteiger partial charge < -0.3 is 18.6 Å². The number of amides is 1. The molecule has 1 amide bonds. The number of aromatic nitrogens is 2. The summed E-state index contributed by atoms with van der Waals surface area (Å²) in [5, 5.41) is 4.42. The van der Waals surface area contributed by atoms with Crippen molar-refractivity contribution in [3.63, 3.8) is 0 Å².